The summed E-state index contributed by atoms with van der Waals surface area (Å²) in [6.45, 7) is 7.81. The van der Waals surface area contributed by atoms with Crippen LogP contribution in [0, 0.1) is 6.92 Å². The second kappa shape index (κ2) is 5.22. The van der Waals surface area contributed by atoms with Crippen molar-refractivity contribution in [3.8, 4) is 11.1 Å². The van der Waals surface area contributed by atoms with Crippen LogP contribution in [0.2, 0.25) is 0 Å². The largest absolute Gasteiger partial charge is 0.351 e. The molecule has 0 unspecified atom stereocenters. The van der Waals surface area contributed by atoms with Gasteiger partial charge in [0.15, 0.2) is 0 Å². The van der Waals surface area contributed by atoms with Gasteiger partial charge < -0.3 is 4.57 Å². The molecular weight excluding hydrogens is 206 g/mol. The van der Waals surface area contributed by atoms with Crippen LogP contribution in [0.15, 0.2) is 36.5 Å². The fourth-order valence-corrected chi connectivity index (χ4v) is 2.47. The number of hydrogen-bond donors (Lipinski definition) is 0. The van der Waals surface area contributed by atoms with Crippen molar-refractivity contribution in [3.05, 3.63) is 47.8 Å². The molecule has 2 aromatic rings. The second-order valence-electron chi connectivity index (χ2n) is 4.53. The first-order valence-electron chi connectivity index (χ1n) is 6.52. The first-order chi connectivity index (χ1) is 8.27. The van der Waals surface area contributed by atoms with Gasteiger partial charge in [-0.15, -0.1) is 0 Å². The van der Waals surface area contributed by atoms with Crippen LogP contribution in [-0.2, 0) is 13.0 Å². The highest BCUT2D eigenvalue weighted by Gasteiger charge is 2.12. The van der Waals surface area contributed by atoms with Crippen molar-refractivity contribution >= 4 is 0 Å². The lowest BCUT2D eigenvalue weighted by Gasteiger charge is -2.06. The van der Waals surface area contributed by atoms with E-state index in [0.717, 1.165) is 13.0 Å². The van der Waals surface area contributed by atoms with E-state index >= 15 is 0 Å². The van der Waals surface area contributed by atoms with Crippen LogP contribution in [0.25, 0.3) is 11.1 Å². The third-order valence-electron chi connectivity index (χ3n) is 3.33. The van der Waals surface area contributed by atoms with Crippen LogP contribution in [0.1, 0.15) is 31.5 Å². The van der Waals surface area contributed by atoms with Gasteiger partial charge in [-0.25, -0.2) is 0 Å². The Balaban J connectivity index is 2.52. The minimum atomic E-state index is 1.10. The number of rotatable bonds is 4. The highest BCUT2D eigenvalue weighted by molar-refractivity contribution is 5.70. The molecule has 17 heavy (non-hydrogen) atoms. The summed E-state index contributed by atoms with van der Waals surface area (Å²) >= 11 is 0. The molecule has 90 valence electrons. The van der Waals surface area contributed by atoms with Gasteiger partial charge in [-0.3, -0.25) is 0 Å². The monoisotopic (exact) mass is 227 g/mol. The molecule has 0 aliphatic rings. The van der Waals surface area contributed by atoms with Crippen molar-refractivity contribution in [2.24, 2.45) is 0 Å². The van der Waals surface area contributed by atoms with E-state index in [-0.39, 0.29) is 0 Å². The quantitative estimate of drug-likeness (QED) is 0.728. The molecule has 0 saturated carbocycles. The first kappa shape index (κ1) is 12.0. The Morgan fingerprint density at radius 1 is 1.06 bits per heavy atom. The van der Waals surface area contributed by atoms with E-state index in [4.69, 9.17) is 0 Å². The first-order valence-corrected chi connectivity index (χ1v) is 6.52. The Hall–Kier alpha value is -1.50. The third-order valence-corrected chi connectivity index (χ3v) is 3.33. The summed E-state index contributed by atoms with van der Waals surface area (Å²) in [5.41, 5.74) is 5.63. The highest BCUT2D eigenvalue weighted by atomic mass is 15.0. The van der Waals surface area contributed by atoms with Gasteiger partial charge in [-0.05, 0) is 30.9 Å². The summed E-state index contributed by atoms with van der Waals surface area (Å²) in [6, 6.07) is 10.7. The zero-order chi connectivity index (χ0) is 12.3. The van der Waals surface area contributed by atoms with Gasteiger partial charge >= 0.3 is 0 Å². The zero-order valence-corrected chi connectivity index (χ0v) is 11.0. The molecule has 0 fully saturated rings. The molecule has 0 radical (unpaired) electrons. The van der Waals surface area contributed by atoms with Crippen LogP contribution >= 0.6 is 0 Å². The molecule has 1 aromatic heterocycles. The maximum atomic E-state index is 2.39. The minimum absolute atomic E-state index is 1.10. The standard InChI is InChI=1S/C16H21N/c1-4-11-17-12-14(5-2)16(13(17)3)15-9-7-6-8-10-15/h6-10,12H,4-5,11H2,1-3H3. The smallest absolute Gasteiger partial charge is 0.0225 e. The number of benzene rings is 1. The number of nitrogens with zero attached hydrogens (tertiary/aromatic N) is 1. The van der Waals surface area contributed by atoms with E-state index in [9.17, 15) is 0 Å². The Morgan fingerprint density at radius 3 is 2.35 bits per heavy atom. The van der Waals surface area contributed by atoms with Crippen LogP contribution in [0.3, 0.4) is 0 Å². The summed E-state index contributed by atoms with van der Waals surface area (Å²) in [7, 11) is 0. The molecule has 0 atom stereocenters. The van der Waals surface area contributed by atoms with Crippen molar-refractivity contribution in [2.75, 3.05) is 0 Å². The van der Waals surface area contributed by atoms with Gasteiger partial charge in [-0.1, -0.05) is 44.2 Å². The van der Waals surface area contributed by atoms with Crippen LogP contribution < -0.4 is 0 Å². The van der Waals surface area contributed by atoms with E-state index in [1.807, 2.05) is 0 Å². The molecule has 1 nitrogen and oxygen atoms in total. The number of hydrogen-bond acceptors (Lipinski definition) is 0. The Morgan fingerprint density at radius 2 is 1.76 bits per heavy atom. The average Bonchev–Trinajstić information content (AvgIpc) is 2.68. The van der Waals surface area contributed by atoms with E-state index in [2.05, 4.69) is 61.9 Å². The molecule has 0 aliphatic carbocycles. The molecule has 1 heterocycles. The van der Waals surface area contributed by atoms with Crippen LogP contribution in [0.5, 0.6) is 0 Å². The molecule has 0 saturated heterocycles. The molecule has 2 rings (SSSR count). The molecular formula is C16H21N. The number of aromatic nitrogens is 1. The van der Waals surface area contributed by atoms with Crippen molar-refractivity contribution in [2.45, 2.75) is 40.2 Å². The van der Waals surface area contributed by atoms with Crippen molar-refractivity contribution in [1.82, 2.24) is 4.57 Å². The Kier molecular flexibility index (Phi) is 3.68. The highest BCUT2D eigenvalue weighted by Crippen LogP contribution is 2.29. The van der Waals surface area contributed by atoms with Crippen molar-refractivity contribution < 1.29 is 0 Å². The van der Waals surface area contributed by atoms with Gasteiger partial charge in [0.1, 0.15) is 0 Å². The zero-order valence-electron chi connectivity index (χ0n) is 11.0. The van der Waals surface area contributed by atoms with Gasteiger partial charge in [0.2, 0.25) is 0 Å². The average molecular weight is 227 g/mol. The molecule has 0 bridgehead atoms. The van der Waals surface area contributed by atoms with Crippen molar-refractivity contribution in [1.29, 1.82) is 0 Å². The van der Waals surface area contributed by atoms with E-state index < -0.39 is 0 Å². The molecule has 0 N–H and O–H groups in total. The summed E-state index contributed by atoms with van der Waals surface area (Å²) in [5, 5.41) is 0. The number of aryl methyl sites for hydroxylation is 2. The Bertz CT molecular complexity index is 480. The topological polar surface area (TPSA) is 4.93 Å². The normalized spacial score (nSPS) is 10.8. The summed E-state index contributed by atoms with van der Waals surface area (Å²) < 4.78 is 2.39. The molecule has 1 heteroatoms. The fraction of sp³-hybridized carbons (Fsp3) is 0.375. The minimum Gasteiger partial charge on any atom is -0.351 e. The third kappa shape index (κ3) is 2.28. The van der Waals surface area contributed by atoms with Gasteiger partial charge in [0, 0.05) is 24.0 Å². The molecule has 0 amide bonds. The molecule has 0 aliphatic heterocycles. The Labute approximate surface area is 104 Å². The van der Waals surface area contributed by atoms with Gasteiger partial charge in [0.05, 0.1) is 0 Å². The maximum Gasteiger partial charge on any atom is 0.0225 e. The molecule has 0 spiro atoms. The maximum absolute atomic E-state index is 2.39. The predicted octanol–water partition coefficient (Wildman–Crippen LogP) is 4.44. The van der Waals surface area contributed by atoms with E-state index in [1.165, 1.54) is 28.8 Å². The van der Waals surface area contributed by atoms with Crippen LogP contribution in [0.4, 0.5) is 0 Å². The summed E-state index contributed by atoms with van der Waals surface area (Å²) in [4.78, 5) is 0. The summed E-state index contributed by atoms with van der Waals surface area (Å²) in [5.74, 6) is 0. The van der Waals surface area contributed by atoms with E-state index in [1.54, 1.807) is 0 Å². The van der Waals surface area contributed by atoms with E-state index in [0.29, 0.717) is 0 Å². The lowest BCUT2D eigenvalue weighted by molar-refractivity contribution is 0.665. The van der Waals surface area contributed by atoms with Crippen LogP contribution in [-0.4, -0.2) is 4.57 Å². The van der Waals surface area contributed by atoms with Crippen molar-refractivity contribution in [3.63, 3.8) is 0 Å². The lowest BCUT2D eigenvalue weighted by Crippen LogP contribution is -1.97. The molecule has 1 aromatic carbocycles. The van der Waals surface area contributed by atoms with Gasteiger partial charge in [-0.2, -0.15) is 0 Å². The van der Waals surface area contributed by atoms with Gasteiger partial charge in [0.25, 0.3) is 0 Å². The lowest BCUT2D eigenvalue weighted by atomic mass is 10.0. The second-order valence-corrected chi connectivity index (χ2v) is 4.53. The predicted molar refractivity (Wildman–Crippen MR) is 74.3 cm³/mol. The SMILES string of the molecule is CCCn1cc(CC)c(-c2ccccc2)c1C. The fourth-order valence-electron chi connectivity index (χ4n) is 2.47. The summed E-state index contributed by atoms with van der Waals surface area (Å²) in [6.07, 6.45) is 4.61.